The molecule has 0 unspecified atom stereocenters. The molecule has 0 saturated carbocycles. The van der Waals surface area contributed by atoms with Gasteiger partial charge < -0.3 is 4.57 Å². The molecule has 0 amide bonds. The van der Waals surface area contributed by atoms with Gasteiger partial charge in [0.2, 0.25) is 0 Å². The number of benzene rings is 1. The molecule has 0 saturated heterocycles. The molecule has 1 aromatic carbocycles. The maximum atomic E-state index is 11.8. The fourth-order valence-electron chi connectivity index (χ4n) is 1.96. The molecule has 0 spiro atoms. The lowest BCUT2D eigenvalue weighted by molar-refractivity contribution is -0.121. The summed E-state index contributed by atoms with van der Waals surface area (Å²) in [7, 11) is 2.02. The van der Waals surface area contributed by atoms with Crippen molar-refractivity contribution in [2.24, 2.45) is 13.0 Å². The second-order valence-electron chi connectivity index (χ2n) is 4.58. The number of Topliss-reactive ketones (excluding diaryl/α,β-unsaturated/α-hetero) is 1. The maximum absolute atomic E-state index is 11.8. The molecule has 84 valence electrons. The van der Waals surface area contributed by atoms with Crippen molar-refractivity contribution in [3.05, 3.63) is 36.0 Å². The fourth-order valence-corrected chi connectivity index (χ4v) is 1.96. The molecule has 2 rings (SSSR count). The van der Waals surface area contributed by atoms with Gasteiger partial charge in [-0.25, -0.2) is 0 Å². The van der Waals surface area contributed by atoms with Gasteiger partial charge in [-0.1, -0.05) is 32.0 Å². The van der Waals surface area contributed by atoms with Gasteiger partial charge in [0.25, 0.3) is 0 Å². The topological polar surface area (TPSA) is 22.0 Å². The van der Waals surface area contributed by atoms with E-state index in [4.69, 9.17) is 0 Å². The second kappa shape index (κ2) is 4.12. The number of hydrogen-bond donors (Lipinski definition) is 0. The van der Waals surface area contributed by atoms with Crippen molar-refractivity contribution in [1.29, 1.82) is 0 Å². The summed E-state index contributed by atoms with van der Waals surface area (Å²) >= 11 is 0. The van der Waals surface area contributed by atoms with Gasteiger partial charge in [0.05, 0.1) is 0 Å². The molecule has 0 aliphatic rings. The number of nitrogens with zero attached hydrogens (tertiary/aromatic N) is 1. The zero-order valence-corrected chi connectivity index (χ0v) is 10.0. The normalized spacial score (nSPS) is 11.2. The number of ketones is 1. The number of aryl methyl sites for hydroxylation is 1. The van der Waals surface area contributed by atoms with Crippen LogP contribution in [0.1, 0.15) is 19.4 Å². The highest BCUT2D eigenvalue weighted by molar-refractivity contribution is 5.90. The molecular formula is C14H17NO. The van der Waals surface area contributed by atoms with E-state index in [1.54, 1.807) is 0 Å². The van der Waals surface area contributed by atoms with Crippen LogP contribution in [0.4, 0.5) is 0 Å². The van der Waals surface area contributed by atoms with E-state index in [1.165, 1.54) is 10.9 Å². The minimum absolute atomic E-state index is 0.110. The molecule has 0 fully saturated rings. The van der Waals surface area contributed by atoms with Gasteiger partial charge in [0.15, 0.2) is 0 Å². The van der Waals surface area contributed by atoms with E-state index in [0.29, 0.717) is 12.2 Å². The van der Waals surface area contributed by atoms with Crippen LogP contribution in [0, 0.1) is 5.92 Å². The number of hydrogen-bond acceptors (Lipinski definition) is 1. The Morgan fingerprint density at radius 2 is 2.00 bits per heavy atom. The second-order valence-corrected chi connectivity index (χ2v) is 4.58. The van der Waals surface area contributed by atoms with Gasteiger partial charge in [-0.2, -0.15) is 0 Å². The monoisotopic (exact) mass is 215 g/mol. The average Bonchev–Trinajstić information content (AvgIpc) is 2.57. The van der Waals surface area contributed by atoms with E-state index in [2.05, 4.69) is 22.9 Å². The largest absolute Gasteiger partial charge is 0.350 e. The van der Waals surface area contributed by atoms with Crippen molar-refractivity contribution < 1.29 is 4.79 Å². The molecule has 1 heterocycles. The number of carbonyl (C=O) groups excluding carboxylic acids is 1. The summed E-state index contributed by atoms with van der Waals surface area (Å²) in [5.41, 5.74) is 2.32. The highest BCUT2D eigenvalue weighted by Crippen LogP contribution is 2.21. The van der Waals surface area contributed by atoms with Crippen LogP contribution in [0.5, 0.6) is 0 Å². The SMILES string of the molecule is CC(C)C(=O)Cc1cn(C)c2ccccc12. The summed E-state index contributed by atoms with van der Waals surface area (Å²) in [5, 5.41) is 1.19. The van der Waals surface area contributed by atoms with Crippen molar-refractivity contribution >= 4 is 16.7 Å². The summed E-state index contributed by atoms with van der Waals surface area (Å²) in [4.78, 5) is 11.8. The minimum Gasteiger partial charge on any atom is -0.350 e. The molecule has 0 aliphatic heterocycles. The number of rotatable bonds is 3. The smallest absolute Gasteiger partial charge is 0.139 e. The molecule has 0 radical (unpaired) electrons. The highest BCUT2D eigenvalue weighted by atomic mass is 16.1. The molecular weight excluding hydrogens is 198 g/mol. The van der Waals surface area contributed by atoms with E-state index < -0.39 is 0 Å². The van der Waals surface area contributed by atoms with Gasteiger partial charge in [0.1, 0.15) is 5.78 Å². The number of carbonyl (C=O) groups is 1. The lowest BCUT2D eigenvalue weighted by Gasteiger charge is -2.02. The van der Waals surface area contributed by atoms with E-state index in [1.807, 2.05) is 33.0 Å². The van der Waals surface area contributed by atoms with Crippen molar-refractivity contribution in [1.82, 2.24) is 4.57 Å². The van der Waals surface area contributed by atoms with Gasteiger partial charge in [-0.05, 0) is 11.6 Å². The summed E-state index contributed by atoms with van der Waals surface area (Å²) in [6.07, 6.45) is 2.60. The predicted molar refractivity (Wildman–Crippen MR) is 66.5 cm³/mol. The summed E-state index contributed by atoms with van der Waals surface area (Å²) < 4.78 is 2.08. The molecule has 2 nitrogen and oxygen atoms in total. The molecule has 0 atom stereocenters. The Bertz CT molecular complexity index is 523. The molecule has 0 bridgehead atoms. The third-order valence-electron chi connectivity index (χ3n) is 2.99. The average molecular weight is 215 g/mol. The molecule has 2 heteroatoms. The van der Waals surface area contributed by atoms with Crippen LogP contribution in [-0.2, 0) is 18.3 Å². The quantitative estimate of drug-likeness (QED) is 0.771. The van der Waals surface area contributed by atoms with Gasteiger partial charge >= 0.3 is 0 Å². The Morgan fingerprint density at radius 3 is 2.69 bits per heavy atom. The van der Waals surface area contributed by atoms with Crippen molar-refractivity contribution in [2.45, 2.75) is 20.3 Å². The van der Waals surface area contributed by atoms with E-state index in [-0.39, 0.29) is 5.92 Å². The number of aromatic nitrogens is 1. The van der Waals surface area contributed by atoms with E-state index in [9.17, 15) is 4.79 Å². The molecule has 0 aliphatic carbocycles. The van der Waals surface area contributed by atoms with Crippen LogP contribution in [-0.4, -0.2) is 10.4 Å². The van der Waals surface area contributed by atoms with Crippen molar-refractivity contribution in [3.8, 4) is 0 Å². The Balaban J connectivity index is 2.42. The van der Waals surface area contributed by atoms with Gasteiger partial charge in [-0.3, -0.25) is 4.79 Å². The lowest BCUT2D eigenvalue weighted by atomic mass is 10.0. The maximum Gasteiger partial charge on any atom is 0.139 e. The van der Waals surface area contributed by atoms with Crippen LogP contribution in [0.25, 0.3) is 10.9 Å². The van der Waals surface area contributed by atoms with Crippen LogP contribution < -0.4 is 0 Å². The van der Waals surface area contributed by atoms with E-state index >= 15 is 0 Å². The zero-order valence-electron chi connectivity index (χ0n) is 10.0. The predicted octanol–water partition coefficient (Wildman–Crippen LogP) is 2.95. The summed E-state index contributed by atoms with van der Waals surface area (Å²) in [6.45, 7) is 3.90. The first kappa shape index (κ1) is 10.9. The van der Waals surface area contributed by atoms with Crippen LogP contribution >= 0.6 is 0 Å². The van der Waals surface area contributed by atoms with Crippen molar-refractivity contribution in [2.75, 3.05) is 0 Å². The van der Waals surface area contributed by atoms with E-state index in [0.717, 1.165) is 5.56 Å². The van der Waals surface area contributed by atoms with Crippen molar-refractivity contribution in [3.63, 3.8) is 0 Å². The van der Waals surface area contributed by atoms with Crippen LogP contribution in [0.2, 0.25) is 0 Å². The first-order valence-electron chi connectivity index (χ1n) is 5.65. The highest BCUT2D eigenvalue weighted by Gasteiger charge is 2.12. The standard InChI is InChI=1S/C14H17NO/c1-10(2)14(16)8-11-9-15(3)13-7-5-4-6-12(11)13/h4-7,9-10H,8H2,1-3H3. The number of fused-ring (bicyclic) bond motifs is 1. The van der Waals surface area contributed by atoms with Crippen LogP contribution in [0.15, 0.2) is 30.5 Å². The molecule has 1 aromatic heterocycles. The fraction of sp³-hybridized carbons (Fsp3) is 0.357. The number of para-hydroxylation sites is 1. The first-order chi connectivity index (χ1) is 7.59. The Hall–Kier alpha value is -1.57. The van der Waals surface area contributed by atoms with Gasteiger partial charge in [-0.15, -0.1) is 0 Å². The Morgan fingerprint density at radius 1 is 1.31 bits per heavy atom. The zero-order chi connectivity index (χ0) is 11.7. The first-order valence-corrected chi connectivity index (χ1v) is 5.65. The minimum atomic E-state index is 0.110. The summed E-state index contributed by atoms with van der Waals surface area (Å²) in [5.74, 6) is 0.412. The Kier molecular flexibility index (Phi) is 2.82. The molecule has 16 heavy (non-hydrogen) atoms. The van der Waals surface area contributed by atoms with Crippen LogP contribution in [0.3, 0.4) is 0 Å². The third kappa shape index (κ3) is 1.87. The molecule has 2 aromatic rings. The third-order valence-corrected chi connectivity index (χ3v) is 2.99. The molecule has 0 N–H and O–H groups in total. The van der Waals surface area contributed by atoms with Gasteiger partial charge in [0, 0.05) is 36.5 Å². The Labute approximate surface area is 95.9 Å². The lowest BCUT2D eigenvalue weighted by Crippen LogP contribution is -2.09. The summed E-state index contributed by atoms with van der Waals surface area (Å²) in [6, 6.07) is 8.21.